The van der Waals surface area contributed by atoms with Gasteiger partial charge in [0.05, 0.1) is 6.10 Å². The van der Waals surface area contributed by atoms with Crippen LogP contribution in [0.5, 0.6) is 0 Å². The quantitative estimate of drug-likeness (QED) is 0.609. The average Bonchev–Trinajstić information content (AvgIpc) is 3.32. The molecule has 4 nitrogen and oxygen atoms in total. The van der Waals surface area contributed by atoms with Crippen molar-refractivity contribution in [2.45, 2.75) is 64.6 Å². The molecule has 1 spiro atoms. The summed E-state index contributed by atoms with van der Waals surface area (Å²) in [5.41, 5.74) is 6.64. The summed E-state index contributed by atoms with van der Waals surface area (Å²) in [6.45, 7) is 7.37. The van der Waals surface area contributed by atoms with Gasteiger partial charge in [-0.15, -0.1) is 0 Å². The number of carbonyl (C=O) groups is 1. The third-order valence-electron chi connectivity index (χ3n) is 7.50. The van der Waals surface area contributed by atoms with E-state index in [9.17, 15) is 4.79 Å². The number of carbonyl (C=O) groups excluding carboxylic acids is 1. The Morgan fingerprint density at radius 1 is 1.20 bits per heavy atom. The fourth-order valence-electron chi connectivity index (χ4n) is 5.74. The first-order chi connectivity index (χ1) is 14.4. The SMILES string of the molecule is CC(C)C1=C2C3=CC=C(COC(=O)Nc4ccccc4)C[C@@H]4O[C@@]34CC[C@@]2(C)CC1. The first-order valence-electron chi connectivity index (χ1n) is 11.2. The number of benzene rings is 1. The number of fused-ring (bicyclic) bond motifs is 2. The van der Waals surface area contributed by atoms with Gasteiger partial charge in [-0.2, -0.15) is 0 Å². The highest BCUT2D eigenvalue weighted by Gasteiger charge is 2.64. The fourth-order valence-corrected chi connectivity index (χ4v) is 5.74. The van der Waals surface area contributed by atoms with Crippen molar-refractivity contribution in [3.05, 3.63) is 64.8 Å². The van der Waals surface area contributed by atoms with Crippen molar-refractivity contribution in [3.63, 3.8) is 0 Å². The molecular formula is C26H31NO3. The van der Waals surface area contributed by atoms with Gasteiger partial charge in [-0.05, 0) is 65.9 Å². The monoisotopic (exact) mass is 405 g/mol. The fraction of sp³-hybridized carbons (Fsp3) is 0.500. The molecule has 1 saturated heterocycles. The van der Waals surface area contributed by atoms with Crippen LogP contribution in [0.15, 0.2) is 64.8 Å². The third kappa shape index (κ3) is 3.22. The molecular weight excluding hydrogens is 374 g/mol. The van der Waals surface area contributed by atoms with Gasteiger partial charge in [-0.25, -0.2) is 4.79 Å². The second-order valence-electron chi connectivity index (χ2n) is 9.79. The van der Waals surface area contributed by atoms with Crippen LogP contribution in [-0.2, 0) is 9.47 Å². The molecule has 0 bridgehead atoms. The molecule has 1 aliphatic heterocycles. The number of para-hydroxylation sites is 1. The Morgan fingerprint density at radius 3 is 2.77 bits per heavy atom. The van der Waals surface area contributed by atoms with Crippen LogP contribution in [0.2, 0.25) is 0 Å². The molecule has 2 fully saturated rings. The summed E-state index contributed by atoms with van der Waals surface area (Å²) in [5, 5.41) is 2.78. The molecule has 1 aromatic rings. The van der Waals surface area contributed by atoms with E-state index in [2.05, 4.69) is 38.2 Å². The number of nitrogens with one attached hydrogen (secondary N) is 1. The standard InChI is InChI=1S/C26H31NO3/c1-17(2)20-11-12-25(3)13-14-26-21(23(20)25)10-9-18(15-22(26)30-26)16-29-24(28)27-19-7-5-4-6-8-19/h4-10,17,22H,11-16H2,1-3H3,(H,27,28)/t22-,25+,26-/m0/s1. The van der Waals surface area contributed by atoms with Gasteiger partial charge < -0.3 is 9.47 Å². The van der Waals surface area contributed by atoms with E-state index in [4.69, 9.17) is 9.47 Å². The van der Waals surface area contributed by atoms with Crippen LogP contribution in [0, 0.1) is 11.3 Å². The van der Waals surface area contributed by atoms with Crippen LogP contribution in [0.25, 0.3) is 0 Å². The molecule has 4 heteroatoms. The van der Waals surface area contributed by atoms with Gasteiger partial charge in [0.15, 0.2) is 0 Å². The van der Waals surface area contributed by atoms with Gasteiger partial charge in [0.2, 0.25) is 0 Å². The zero-order valence-corrected chi connectivity index (χ0v) is 18.2. The topological polar surface area (TPSA) is 50.9 Å². The number of allylic oxidation sites excluding steroid dienone is 3. The van der Waals surface area contributed by atoms with E-state index in [0.29, 0.717) is 12.5 Å². The predicted octanol–water partition coefficient (Wildman–Crippen LogP) is 6.18. The summed E-state index contributed by atoms with van der Waals surface area (Å²) < 4.78 is 11.9. The zero-order valence-electron chi connectivity index (χ0n) is 18.2. The Balaban J connectivity index is 1.34. The van der Waals surface area contributed by atoms with Crippen molar-refractivity contribution in [3.8, 4) is 0 Å². The summed E-state index contributed by atoms with van der Waals surface area (Å²) in [7, 11) is 0. The largest absolute Gasteiger partial charge is 0.445 e. The summed E-state index contributed by atoms with van der Waals surface area (Å²) in [6, 6.07) is 9.39. The minimum Gasteiger partial charge on any atom is -0.445 e. The Bertz CT molecular complexity index is 958. The first-order valence-corrected chi connectivity index (χ1v) is 11.2. The van der Waals surface area contributed by atoms with Crippen molar-refractivity contribution in [2.75, 3.05) is 11.9 Å². The maximum Gasteiger partial charge on any atom is 0.411 e. The van der Waals surface area contributed by atoms with Gasteiger partial charge in [0.25, 0.3) is 0 Å². The summed E-state index contributed by atoms with van der Waals surface area (Å²) >= 11 is 0. The number of anilines is 1. The number of epoxide rings is 1. The minimum absolute atomic E-state index is 0.107. The Hall–Kier alpha value is -2.33. The second kappa shape index (κ2) is 7.12. The normalized spacial score (nSPS) is 31.8. The smallest absolute Gasteiger partial charge is 0.411 e. The van der Waals surface area contributed by atoms with Gasteiger partial charge in [-0.1, -0.05) is 56.7 Å². The van der Waals surface area contributed by atoms with E-state index < -0.39 is 6.09 Å². The van der Waals surface area contributed by atoms with Crippen molar-refractivity contribution < 1.29 is 14.3 Å². The van der Waals surface area contributed by atoms with Crippen LogP contribution in [0.1, 0.15) is 52.9 Å². The Labute approximate surface area is 179 Å². The van der Waals surface area contributed by atoms with Gasteiger partial charge in [-0.3, -0.25) is 5.32 Å². The molecule has 3 aliphatic carbocycles. The van der Waals surface area contributed by atoms with Crippen molar-refractivity contribution in [1.29, 1.82) is 0 Å². The molecule has 1 amide bonds. The number of hydrogen-bond donors (Lipinski definition) is 1. The van der Waals surface area contributed by atoms with E-state index in [1.54, 1.807) is 11.1 Å². The lowest BCUT2D eigenvalue weighted by atomic mass is 9.64. The van der Waals surface area contributed by atoms with E-state index in [0.717, 1.165) is 24.1 Å². The van der Waals surface area contributed by atoms with E-state index in [1.807, 2.05) is 30.3 Å². The molecule has 158 valence electrons. The van der Waals surface area contributed by atoms with Crippen LogP contribution in [0.3, 0.4) is 0 Å². The molecule has 1 saturated carbocycles. The first kappa shape index (κ1) is 19.6. The lowest BCUT2D eigenvalue weighted by Crippen LogP contribution is -2.34. The number of hydrogen-bond acceptors (Lipinski definition) is 3. The molecule has 3 atom stereocenters. The molecule has 30 heavy (non-hydrogen) atoms. The molecule has 0 unspecified atom stereocenters. The van der Waals surface area contributed by atoms with E-state index in [1.165, 1.54) is 24.8 Å². The summed E-state index contributed by atoms with van der Waals surface area (Å²) in [4.78, 5) is 12.2. The van der Waals surface area contributed by atoms with Crippen molar-refractivity contribution in [2.24, 2.45) is 11.3 Å². The molecule has 1 heterocycles. The molecule has 5 rings (SSSR count). The highest BCUT2D eigenvalue weighted by molar-refractivity contribution is 5.84. The van der Waals surface area contributed by atoms with Gasteiger partial charge in [0, 0.05) is 12.1 Å². The predicted molar refractivity (Wildman–Crippen MR) is 118 cm³/mol. The Kier molecular flexibility index (Phi) is 4.66. The third-order valence-corrected chi connectivity index (χ3v) is 7.50. The lowest BCUT2D eigenvalue weighted by molar-refractivity contribution is 0.170. The average molecular weight is 406 g/mol. The Morgan fingerprint density at radius 2 is 2.00 bits per heavy atom. The maximum atomic E-state index is 12.2. The lowest BCUT2D eigenvalue weighted by Gasteiger charge is -2.39. The van der Waals surface area contributed by atoms with Crippen molar-refractivity contribution >= 4 is 11.8 Å². The summed E-state index contributed by atoms with van der Waals surface area (Å²) in [6.07, 6.45) is 9.86. The maximum absolute atomic E-state index is 12.2. The number of amides is 1. The highest BCUT2D eigenvalue weighted by Crippen LogP contribution is 2.65. The highest BCUT2D eigenvalue weighted by atomic mass is 16.6. The number of rotatable bonds is 4. The van der Waals surface area contributed by atoms with Crippen molar-refractivity contribution in [1.82, 2.24) is 0 Å². The van der Waals surface area contributed by atoms with Gasteiger partial charge >= 0.3 is 6.09 Å². The molecule has 4 aliphatic rings. The van der Waals surface area contributed by atoms with Crippen LogP contribution < -0.4 is 5.32 Å². The minimum atomic E-state index is -0.420. The van der Waals surface area contributed by atoms with Crippen LogP contribution in [-0.4, -0.2) is 24.4 Å². The number of ether oxygens (including phenoxy) is 2. The van der Waals surface area contributed by atoms with E-state index in [-0.39, 0.29) is 17.1 Å². The van der Waals surface area contributed by atoms with E-state index >= 15 is 0 Å². The second-order valence-corrected chi connectivity index (χ2v) is 9.79. The summed E-state index contributed by atoms with van der Waals surface area (Å²) in [5.74, 6) is 0.576. The molecule has 0 aromatic heterocycles. The molecule has 1 aromatic carbocycles. The van der Waals surface area contributed by atoms with Crippen LogP contribution in [0.4, 0.5) is 10.5 Å². The zero-order chi connectivity index (χ0) is 20.9. The van der Waals surface area contributed by atoms with Gasteiger partial charge in [0.1, 0.15) is 12.2 Å². The van der Waals surface area contributed by atoms with Crippen LogP contribution >= 0.6 is 0 Å². The molecule has 1 N–H and O–H groups in total. The molecule has 0 radical (unpaired) electrons.